The van der Waals surface area contributed by atoms with Gasteiger partial charge in [0.2, 0.25) is 0 Å². The molecule has 2 aromatic carbocycles. The van der Waals surface area contributed by atoms with Crippen LogP contribution in [0.25, 0.3) is 0 Å². The number of aryl methyl sites for hydroxylation is 1. The van der Waals surface area contributed by atoms with Gasteiger partial charge in [-0.3, -0.25) is 0 Å². The van der Waals surface area contributed by atoms with E-state index in [1.54, 1.807) is 6.07 Å². The Bertz CT molecular complexity index is 658. The monoisotopic (exact) mass is 307 g/mol. The van der Waals surface area contributed by atoms with Gasteiger partial charge in [0.25, 0.3) is 0 Å². The van der Waals surface area contributed by atoms with Crippen molar-refractivity contribution in [3.8, 4) is 0 Å². The number of anilines is 1. The summed E-state index contributed by atoms with van der Waals surface area (Å²) in [5.74, 6) is -0.364. The van der Waals surface area contributed by atoms with Gasteiger partial charge in [-0.1, -0.05) is 41.4 Å². The molecule has 0 unspecified atom stereocenters. The first-order chi connectivity index (χ1) is 9.47. The van der Waals surface area contributed by atoms with Crippen LogP contribution in [0.15, 0.2) is 41.3 Å². The van der Waals surface area contributed by atoms with Crippen LogP contribution in [0.3, 0.4) is 0 Å². The summed E-state index contributed by atoms with van der Waals surface area (Å²) in [5, 5.41) is 9.60. The van der Waals surface area contributed by atoms with Crippen LogP contribution >= 0.6 is 23.4 Å². The number of hydrogen-bond donors (Lipinski definition) is 2. The van der Waals surface area contributed by atoms with Crippen molar-refractivity contribution in [2.24, 2.45) is 0 Å². The molecule has 0 aliphatic heterocycles. The lowest BCUT2D eigenvalue weighted by Gasteiger charge is -2.10. The Balaban J connectivity index is 2.27. The number of carbonyl (C=O) groups is 1. The topological polar surface area (TPSA) is 63.3 Å². The van der Waals surface area contributed by atoms with Crippen molar-refractivity contribution in [2.45, 2.75) is 17.6 Å². The minimum atomic E-state index is -1.02. The number of hydrogen-bond acceptors (Lipinski definition) is 3. The van der Waals surface area contributed by atoms with E-state index in [1.807, 2.05) is 25.1 Å². The quantitative estimate of drug-likeness (QED) is 0.655. The number of benzene rings is 2. The highest BCUT2D eigenvalue weighted by Crippen LogP contribution is 2.35. The van der Waals surface area contributed by atoms with Gasteiger partial charge in [-0.25, -0.2) is 4.79 Å². The molecule has 0 aliphatic carbocycles. The standard InChI is InChI=1S/C15H14ClNO2S/c1-9-3-2-4-10(5-9)8-20-14-12(15(18)19)6-11(17)7-13(14)16/h2-7H,8,17H2,1H3,(H,18,19). The zero-order chi connectivity index (χ0) is 14.7. The molecule has 5 heteroatoms. The Labute approximate surface area is 126 Å². The number of carboxylic acid groups (broad SMARTS) is 1. The van der Waals surface area contributed by atoms with Gasteiger partial charge in [-0.2, -0.15) is 0 Å². The molecule has 104 valence electrons. The lowest BCUT2D eigenvalue weighted by molar-refractivity contribution is 0.0693. The van der Waals surface area contributed by atoms with Crippen LogP contribution in [0, 0.1) is 6.92 Å². The molecule has 0 atom stereocenters. The lowest BCUT2D eigenvalue weighted by atomic mass is 10.2. The molecule has 0 saturated heterocycles. The second kappa shape index (κ2) is 6.20. The highest BCUT2D eigenvalue weighted by Gasteiger charge is 2.15. The average Bonchev–Trinajstić information content (AvgIpc) is 2.36. The van der Waals surface area contributed by atoms with Crippen molar-refractivity contribution in [3.05, 3.63) is 58.1 Å². The molecular formula is C15H14ClNO2S. The molecule has 20 heavy (non-hydrogen) atoms. The van der Waals surface area contributed by atoms with E-state index >= 15 is 0 Å². The van der Waals surface area contributed by atoms with Gasteiger partial charge in [-0.15, -0.1) is 11.8 Å². The van der Waals surface area contributed by atoms with E-state index in [0.717, 1.165) is 5.56 Å². The van der Waals surface area contributed by atoms with Crippen LogP contribution in [0.2, 0.25) is 5.02 Å². The van der Waals surface area contributed by atoms with Crippen LogP contribution in [0.1, 0.15) is 21.5 Å². The summed E-state index contributed by atoms with van der Waals surface area (Å²) < 4.78 is 0. The Morgan fingerprint density at radius 2 is 2.10 bits per heavy atom. The largest absolute Gasteiger partial charge is 0.478 e. The van der Waals surface area contributed by atoms with Crippen molar-refractivity contribution in [1.29, 1.82) is 0 Å². The summed E-state index contributed by atoms with van der Waals surface area (Å²) in [7, 11) is 0. The molecule has 2 aromatic rings. The molecule has 0 heterocycles. The molecule has 0 aliphatic rings. The molecular weight excluding hydrogens is 294 g/mol. The van der Waals surface area contributed by atoms with Crippen LogP contribution in [0.5, 0.6) is 0 Å². The van der Waals surface area contributed by atoms with Gasteiger partial charge in [-0.05, 0) is 24.6 Å². The Hall–Kier alpha value is -1.65. The zero-order valence-electron chi connectivity index (χ0n) is 10.9. The second-order valence-electron chi connectivity index (χ2n) is 4.46. The van der Waals surface area contributed by atoms with E-state index in [2.05, 4.69) is 6.07 Å². The van der Waals surface area contributed by atoms with Crippen molar-refractivity contribution in [2.75, 3.05) is 5.73 Å². The van der Waals surface area contributed by atoms with Gasteiger partial charge in [0.15, 0.2) is 0 Å². The molecule has 0 saturated carbocycles. The van der Waals surface area contributed by atoms with E-state index in [4.69, 9.17) is 17.3 Å². The predicted molar refractivity (Wildman–Crippen MR) is 83.6 cm³/mol. The van der Waals surface area contributed by atoms with Crippen LogP contribution in [-0.4, -0.2) is 11.1 Å². The molecule has 0 amide bonds. The number of nitrogens with two attached hydrogens (primary N) is 1. The molecule has 0 bridgehead atoms. The third-order valence-corrected chi connectivity index (χ3v) is 4.38. The van der Waals surface area contributed by atoms with Crippen LogP contribution in [-0.2, 0) is 5.75 Å². The van der Waals surface area contributed by atoms with E-state index in [-0.39, 0.29) is 5.56 Å². The van der Waals surface area contributed by atoms with E-state index in [0.29, 0.717) is 21.4 Å². The number of halogens is 1. The van der Waals surface area contributed by atoms with Crippen molar-refractivity contribution < 1.29 is 9.90 Å². The maximum atomic E-state index is 11.3. The summed E-state index contributed by atoms with van der Waals surface area (Å²) in [4.78, 5) is 11.8. The minimum absolute atomic E-state index is 0.146. The Morgan fingerprint density at radius 3 is 2.75 bits per heavy atom. The van der Waals surface area contributed by atoms with Crippen molar-refractivity contribution >= 4 is 35.0 Å². The van der Waals surface area contributed by atoms with Crippen LogP contribution < -0.4 is 5.73 Å². The van der Waals surface area contributed by atoms with Gasteiger partial charge in [0, 0.05) is 16.3 Å². The van der Waals surface area contributed by atoms with Crippen LogP contribution in [0.4, 0.5) is 5.69 Å². The minimum Gasteiger partial charge on any atom is -0.478 e. The number of thioether (sulfide) groups is 1. The van der Waals surface area contributed by atoms with E-state index < -0.39 is 5.97 Å². The molecule has 2 rings (SSSR count). The summed E-state index contributed by atoms with van der Waals surface area (Å²) in [6.45, 7) is 2.02. The summed E-state index contributed by atoms with van der Waals surface area (Å²) in [5.41, 5.74) is 8.43. The Kier molecular flexibility index (Phi) is 4.57. The fourth-order valence-electron chi connectivity index (χ4n) is 1.88. The highest BCUT2D eigenvalue weighted by atomic mass is 35.5. The average molecular weight is 308 g/mol. The molecule has 0 spiro atoms. The van der Waals surface area contributed by atoms with Gasteiger partial charge in [0.05, 0.1) is 10.6 Å². The first-order valence-corrected chi connectivity index (χ1v) is 7.34. The summed E-state index contributed by atoms with van der Waals surface area (Å²) >= 11 is 7.52. The summed E-state index contributed by atoms with van der Waals surface area (Å²) in [6.07, 6.45) is 0. The maximum Gasteiger partial charge on any atom is 0.336 e. The smallest absolute Gasteiger partial charge is 0.336 e. The van der Waals surface area contributed by atoms with Gasteiger partial charge >= 0.3 is 5.97 Å². The molecule has 0 aromatic heterocycles. The first kappa shape index (κ1) is 14.8. The Morgan fingerprint density at radius 1 is 1.35 bits per heavy atom. The second-order valence-corrected chi connectivity index (χ2v) is 5.86. The van der Waals surface area contributed by atoms with Crippen molar-refractivity contribution in [3.63, 3.8) is 0 Å². The molecule has 0 fully saturated rings. The molecule has 3 nitrogen and oxygen atoms in total. The first-order valence-electron chi connectivity index (χ1n) is 5.98. The highest BCUT2D eigenvalue weighted by molar-refractivity contribution is 7.98. The van der Waals surface area contributed by atoms with Gasteiger partial charge < -0.3 is 10.8 Å². The maximum absolute atomic E-state index is 11.3. The summed E-state index contributed by atoms with van der Waals surface area (Å²) in [6, 6.07) is 11.1. The number of rotatable bonds is 4. The van der Waals surface area contributed by atoms with Crippen molar-refractivity contribution in [1.82, 2.24) is 0 Å². The third-order valence-electron chi connectivity index (χ3n) is 2.76. The SMILES string of the molecule is Cc1cccc(CSc2c(Cl)cc(N)cc2C(=O)O)c1. The molecule has 3 N–H and O–H groups in total. The molecule has 0 radical (unpaired) electrons. The third kappa shape index (κ3) is 3.46. The predicted octanol–water partition coefficient (Wildman–Crippen LogP) is 4.22. The number of aromatic carboxylic acids is 1. The fraction of sp³-hybridized carbons (Fsp3) is 0.133. The number of carboxylic acids is 1. The number of nitrogen functional groups attached to an aromatic ring is 1. The normalized spacial score (nSPS) is 10.5. The fourth-order valence-corrected chi connectivity index (χ4v) is 3.26. The van der Waals surface area contributed by atoms with E-state index in [9.17, 15) is 9.90 Å². The lowest BCUT2D eigenvalue weighted by Crippen LogP contribution is -2.01. The zero-order valence-corrected chi connectivity index (χ0v) is 12.5. The van der Waals surface area contributed by atoms with Gasteiger partial charge in [0.1, 0.15) is 0 Å². The van der Waals surface area contributed by atoms with E-state index in [1.165, 1.54) is 23.4 Å².